The van der Waals surface area contributed by atoms with Gasteiger partial charge in [0.1, 0.15) is 23.1 Å². The molecule has 1 aliphatic heterocycles. The van der Waals surface area contributed by atoms with E-state index in [1.807, 2.05) is 42.5 Å². The summed E-state index contributed by atoms with van der Waals surface area (Å²) in [6.07, 6.45) is 1.64. The summed E-state index contributed by atoms with van der Waals surface area (Å²) in [6, 6.07) is 19.2. The molecule has 1 aliphatic rings. The highest BCUT2D eigenvalue weighted by molar-refractivity contribution is 6.32. The molecule has 0 atom stereocenters. The van der Waals surface area contributed by atoms with E-state index in [0.717, 1.165) is 54.2 Å². The Morgan fingerprint density at radius 2 is 1.45 bits per heavy atom. The van der Waals surface area contributed by atoms with Gasteiger partial charge in [-0.25, -0.2) is 4.98 Å². The average Bonchev–Trinajstić information content (AvgIpc) is 2.96. The Hall–Kier alpha value is -4.17. The van der Waals surface area contributed by atoms with E-state index in [0.29, 0.717) is 27.8 Å². The van der Waals surface area contributed by atoms with Crippen LogP contribution in [0.2, 0.25) is 5.02 Å². The van der Waals surface area contributed by atoms with Crippen LogP contribution < -0.4 is 29.3 Å². The van der Waals surface area contributed by atoms with Crippen LogP contribution in [-0.2, 0) is 0 Å². The second-order valence-electron chi connectivity index (χ2n) is 8.83. The van der Waals surface area contributed by atoms with E-state index >= 15 is 0 Å². The van der Waals surface area contributed by atoms with E-state index in [2.05, 4.69) is 21.2 Å². The van der Waals surface area contributed by atoms with Gasteiger partial charge in [0, 0.05) is 43.8 Å². The van der Waals surface area contributed by atoms with Gasteiger partial charge in [0.15, 0.2) is 0 Å². The molecule has 0 saturated carbocycles. The van der Waals surface area contributed by atoms with Crippen molar-refractivity contribution in [3.8, 4) is 17.2 Å². The van der Waals surface area contributed by atoms with Crippen LogP contribution in [0.15, 0.2) is 66.9 Å². The fraction of sp³-hybridized carbons (Fsp3) is 0.241. The molecule has 0 aliphatic carbocycles. The number of benzene rings is 3. The monoisotopic (exact) mass is 532 g/mol. The number of halogens is 1. The van der Waals surface area contributed by atoms with E-state index in [1.165, 1.54) is 14.2 Å². The van der Waals surface area contributed by atoms with Gasteiger partial charge in [0.2, 0.25) is 0 Å². The number of pyridine rings is 1. The van der Waals surface area contributed by atoms with Crippen LogP contribution in [0.5, 0.6) is 17.2 Å². The van der Waals surface area contributed by atoms with Crippen molar-refractivity contribution in [1.29, 1.82) is 0 Å². The molecule has 9 heteroatoms. The third kappa shape index (κ3) is 4.87. The van der Waals surface area contributed by atoms with Crippen LogP contribution in [0, 0.1) is 0 Å². The minimum absolute atomic E-state index is 0.305. The molecule has 1 amide bonds. The average molecular weight is 533 g/mol. The van der Waals surface area contributed by atoms with Gasteiger partial charge in [0.05, 0.1) is 43.3 Å². The zero-order valence-electron chi connectivity index (χ0n) is 21.5. The predicted octanol–water partition coefficient (Wildman–Crippen LogP) is 5.49. The zero-order valence-corrected chi connectivity index (χ0v) is 22.3. The van der Waals surface area contributed by atoms with Gasteiger partial charge in [0.25, 0.3) is 5.91 Å². The third-order valence-electron chi connectivity index (χ3n) is 6.75. The summed E-state index contributed by atoms with van der Waals surface area (Å²) in [6.45, 7) is 3.25. The largest absolute Gasteiger partial charge is 0.495 e. The minimum atomic E-state index is -0.305. The van der Waals surface area contributed by atoms with Crippen LogP contribution in [0.25, 0.3) is 10.8 Å². The number of piperazine rings is 1. The fourth-order valence-corrected chi connectivity index (χ4v) is 5.05. The molecule has 0 bridgehead atoms. The maximum Gasteiger partial charge on any atom is 0.257 e. The highest BCUT2D eigenvalue weighted by Crippen LogP contribution is 2.37. The number of hydrogen-bond acceptors (Lipinski definition) is 7. The topological polar surface area (TPSA) is 76.2 Å². The van der Waals surface area contributed by atoms with Crippen LogP contribution in [0.4, 0.5) is 17.2 Å². The predicted molar refractivity (Wildman–Crippen MR) is 152 cm³/mol. The first-order chi connectivity index (χ1) is 18.5. The van der Waals surface area contributed by atoms with E-state index in [4.69, 9.17) is 30.8 Å². The molecule has 4 aromatic rings. The molecule has 1 saturated heterocycles. The van der Waals surface area contributed by atoms with E-state index in [1.54, 1.807) is 25.4 Å². The van der Waals surface area contributed by atoms with Crippen LogP contribution in [0.3, 0.4) is 0 Å². The van der Waals surface area contributed by atoms with Gasteiger partial charge in [-0.15, -0.1) is 0 Å². The molecule has 0 spiro atoms. The van der Waals surface area contributed by atoms with Crippen molar-refractivity contribution in [2.24, 2.45) is 0 Å². The lowest BCUT2D eigenvalue weighted by atomic mass is 10.1. The minimum Gasteiger partial charge on any atom is -0.495 e. The van der Waals surface area contributed by atoms with Crippen LogP contribution >= 0.6 is 11.6 Å². The van der Waals surface area contributed by atoms with Crippen molar-refractivity contribution in [1.82, 2.24) is 4.98 Å². The molecule has 3 aromatic carbocycles. The summed E-state index contributed by atoms with van der Waals surface area (Å²) < 4.78 is 16.2. The van der Waals surface area contributed by atoms with E-state index in [9.17, 15) is 4.79 Å². The first-order valence-corrected chi connectivity index (χ1v) is 12.7. The summed E-state index contributed by atoms with van der Waals surface area (Å²) in [5.41, 5.74) is 2.00. The zero-order chi connectivity index (χ0) is 26.6. The summed E-state index contributed by atoms with van der Waals surface area (Å²) in [5.74, 6) is 2.34. The molecule has 1 fully saturated rings. The molecular formula is C29H29ClN4O4. The smallest absolute Gasteiger partial charge is 0.257 e. The second-order valence-corrected chi connectivity index (χ2v) is 9.24. The summed E-state index contributed by atoms with van der Waals surface area (Å²) in [5, 5.41) is 5.03. The number of ether oxygens (including phenoxy) is 3. The van der Waals surface area contributed by atoms with Gasteiger partial charge in [-0.2, -0.15) is 0 Å². The lowest BCUT2D eigenvalue weighted by Gasteiger charge is -2.37. The standard InChI is InChI=1S/C29H29ClN4O4/c1-36-25-11-7-6-10-24(25)33-12-14-34(15-13-33)28-20-9-5-4-8-19(20)21(18-31-28)29(35)32-23-16-22(30)26(37-2)17-27(23)38-3/h4-11,16-18H,12-15H2,1-3H3,(H,32,35). The molecule has 1 N–H and O–H groups in total. The molecule has 0 unspecified atom stereocenters. The quantitative estimate of drug-likeness (QED) is 0.337. The number of aromatic nitrogens is 1. The number of carbonyl (C=O) groups is 1. The number of methoxy groups -OCH3 is 3. The molecule has 38 heavy (non-hydrogen) atoms. The van der Waals surface area contributed by atoms with Crippen molar-refractivity contribution in [3.05, 3.63) is 77.4 Å². The molecule has 2 heterocycles. The molecule has 1 aromatic heterocycles. The van der Waals surface area contributed by atoms with Gasteiger partial charge in [-0.3, -0.25) is 4.79 Å². The molecule has 196 valence electrons. The molecule has 5 rings (SSSR count). The molecule has 0 radical (unpaired) electrons. The summed E-state index contributed by atoms with van der Waals surface area (Å²) in [7, 11) is 4.75. The summed E-state index contributed by atoms with van der Waals surface area (Å²) in [4.78, 5) is 22.7. The molecule has 8 nitrogen and oxygen atoms in total. The van der Waals surface area contributed by atoms with Crippen LogP contribution in [-0.4, -0.2) is 58.4 Å². The maximum absolute atomic E-state index is 13.4. The van der Waals surface area contributed by atoms with Crippen LogP contribution in [0.1, 0.15) is 10.4 Å². The number of nitrogens with one attached hydrogen (secondary N) is 1. The number of para-hydroxylation sites is 2. The van der Waals surface area contributed by atoms with Crippen molar-refractivity contribution in [2.75, 3.05) is 62.6 Å². The van der Waals surface area contributed by atoms with Crippen molar-refractivity contribution >= 4 is 45.5 Å². The van der Waals surface area contributed by atoms with Crippen molar-refractivity contribution in [2.45, 2.75) is 0 Å². The van der Waals surface area contributed by atoms with Gasteiger partial charge in [-0.1, -0.05) is 48.0 Å². The first kappa shape index (κ1) is 25.5. The number of rotatable bonds is 7. The highest BCUT2D eigenvalue weighted by Gasteiger charge is 2.23. The number of hydrogen-bond donors (Lipinski definition) is 1. The Bertz CT molecular complexity index is 1470. The van der Waals surface area contributed by atoms with E-state index < -0.39 is 0 Å². The Morgan fingerprint density at radius 3 is 2.16 bits per heavy atom. The first-order valence-electron chi connectivity index (χ1n) is 12.3. The Morgan fingerprint density at radius 1 is 0.816 bits per heavy atom. The fourth-order valence-electron chi connectivity index (χ4n) is 4.81. The number of amides is 1. The Kier molecular flexibility index (Phi) is 7.42. The second kappa shape index (κ2) is 11.1. The number of carbonyl (C=O) groups excluding carboxylic acids is 1. The van der Waals surface area contributed by atoms with Gasteiger partial charge < -0.3 is 29.3 Å². The lowest BCUT2D eigenvalue weighted by molar-refractivity contribution is 0.102. The van der Waals surface area contributed by atoms with E-state index in [-0.39, 0.29) is 5.91 Å². The normalized spacial score (nSPS) is 13.4. The number of anilines is 3. The summed E-state index contributed by atoms with van der Waals surface area (Å²) >= 11 is 6.30. The highest BCUT2D eigenvalue weighted by atomic mass is 35.5. The third-order valence-corrected chi connectivity index (χ3v) is 7.04. The lowest BCUT2D eigenvalue weighted by Crippen LogP contribution is -2.47. The van der Waals surface area contributed by atoms with Gasteiger partial charge in [-0.05, 0) is 23.6 Å². The Labute approximate surface area is 226 Å². The van der Waals surface area contributed by atoms with Crippen molar-refractivity contribution in [3.63, 3.8) is 0 Å². The maximum atomic E-state index is 13.4. The molecular weight excluding hydrogens is 504 g/mol. The Balaban J connectivity index is 1.40. The van der Waals surface area contributed by atoms with Gasteiger partial charge >= 0.3 is 0 Å². The number of fused-ring (bicyclic) bond motifs is 1. The SMILES string of the molecule is COc1cc(OC)c(NC(=O)c2cnc(N3CCN(c4ccccc4OC)CC3)c3ccccc23)cc1Cl. The number of nitrogens with zero attached hydrogens (tertiary/aromatic N) is 3. The van der Waals surface area contributed by atoms with Crippen molar-refractivity contribution < 1.29 is 19.0 Å².